The topological polar surface area (TPSA) is 66.8 Å². The number of hydrogen-bond donors (Lipinski definition) is 2. The number of rotatable bonds is 12. The van der Waals surface area contributed by atoms with E-state index in [2.05, 4.69) is 4.74 Å². The molecule has 0 heterocycles. The van der Waals surface area contributed by atoms with E-state index in [1.165, 1.54) is 38.5 Å². The molecule has 2 N–H and O–H groups in total. The quantitative estimate of drug-likeness (QED) is 0.408. The lowest BCUT2D eigenvalue weighted by molar-refractivity contribution is 0.0899. The summed E-state index contributed by atoms with van der Waals surface area (Å²) in [5.41, 5.74) is 0. The predicted octanol–water partition coefficient (Wildman–Crippen LogP) is 3.57. The lowest BCUT2D eigenvalue weighted by Gasteiger charge is -2.02. The maximum absolute atomic E-state index is 10.0. The number of hydrogen-bond acceptors (Lipinski definition) is 3. The molecule has 0 atom stereocenters. The molecular formula is C13H26O4. The number of aliphatic hydroxyl groups excluding tert-OH is 1. The first kappa shape index (κ1) is 16.2. The van der Waals surface area contributed by atoms with Gasteiger partial charge in [0, 0.05) is 6.61 Å². The van der Waals surface area contributed by atoms with Crippen LogP contribution in [0.2, 0.25) is 0 Å². The molecule has 0 saturated carbocycles. The second kappa shape index (κ2) is 13.3. The van der Waals surface area contributed by atoms with Crippen molar-refractivity contribution >= 4 is 6.16 Å². The molecule has 0 unspecified atom stereocenters. The number of carbonyl (C=O) groups is 1. The van der Waals surface area contributed by atoms with E-state index in [0.717, 1.165) is 25.7 Å². The largest absolute Gasteiger partial charge is 0.505 e. The van der Waals surface area contributed by atoms with Crippen LogP contribution in [0.3, 0.4) is 0 Å². The van der Waals surface area contributed by atoms with E-state index in [1.54, 1.807) is 0 Å². The van der Waals surface area contributed by atoms with Gasteiger partial charge in [-0.15, -0.1) is 0 Å². The summed E-state index contributed by atoms with van der Waals surface area (Å²) in [7, 11) is 0. The van der Waals surface area contributed by atoms with Crippen LogP contribution in [0.15, 0.2) is 0 Å². The lowest BCUT2D eigenvalue weighted by Crippen LogP contribution is -2.01. The van der Waals surface area contributed by atoms with Gasteiger partial charge in [-0.25, -0.2) is 4.79 Å². The maximum atomic E-state index is 10.0. The molecule has 0 aromatic carbocycles. The summed E-state index contributed by atoms with van der Waals surface area (Å²) in [6.07, 6.45) is 10.2. The van der Waals surface area contributed by atoms with Crippen LogP contribution in [0.4, 0.5) is 4.79 Å². The zero-order valence-corrected chi connectivity index (χ0v) is 10.7. The smallest absolute Gasteiger partial charge is 0.450 e. The molecule has 0 aliphatic rings. The van der Waals surface area contributed by atoms with Gasteiger partial charge in [0.15, 0.2) is 0 Å². The molecular weight excluding hydrogens is 220 g/mol. The molecule has 4 heteroatoms. The van der Waals surface area contributed by atoms with Crippen LogP contribution in [-0.2, 0) is 4.74 Å². The van der Waals surface area contributed by atoms with E-state index in [9.17, 15) is 4.79 Å². The third-order valence-electron chi connectivity index (χ3n) is 2.78. The Bertz CT molecular complexity index is 171. The minimum Gasteiger partial charge on any atom is -0.450 e. The van der Waals surface area contributed by atoms with Crippen molar-refractivity contribution in [3.8, 4) is 0 Å². The normalized spacial score (nSPS) is 10.4. The number of carboxylic acid groups (broad SMARTS) is 1. The SMILES string of the molecule is O=C(O)OCCCCCCCCCCCCO. The Kier molecular flexibility index (Phi) is 12.7. The number of aliphatic hydroxyl groups is 1. The van der Waals surface area contributed by atoms with Crippen molar-refractivity contribution in [2.75, 3.05) is 13.2 Å². The van der Waals surface area contributed by atoms with Crippen molar-refractivity contribution in [3.05, 3.63) is 0 Å². The minimum atomic E-state index is -1.17. The van der Waals surface area contributed by atoms with E-state index in [1.807, 2.05) is 0 Å². The van der Waals surface area contributed by atoms with Crippen LogP contribution in [0, 0.1) is 0 Å². The fourth-order valence-corrected chi connectivity index (χ4v) is 1.79. The Morgan fingerprint density at radius 1 is 0.765 bits per heavy atom. The van der Waals surface area contributed by atoms with Crippen LogP contribution in [-0.4, -0.2) is 29.6 Å². The molecule has 0 amide bonds. The zero-order valence-electron chi connectivity index (χ0n) is 10.7. The summed E-state index contributed by atoms with van der Waals surface area (Å²) in [4.78, 5) is 10.0. The van der Waals surface area contributed by atoms with E-state index in [0.29, 0.717) is 13.2 Å². The van der Waals surface area contributed by atoms with Crippen LogP contribution in [0.25, 0.3) is 0 Å². The third-order valence-corrected chi connectivity index (χ3v) is 2.78. The summed E-state index contributed by atoms with van der Waals surface area (Å²) in [6, 6.07) is 0. The van der Waals surface area contributed by atoms with Crippen molar-refractivity contribution in [2.24, 2.45) is 0 Å². The van der Waals surface area contributed by atoms with Gasteiger partial charge in [-0.05, 0) is 12.8 Å². The molecule has 17 heavy (non-hydrogen) atoms. The monoisotopic (exact) mass is 246 g/mol. The first-order valence-corrected chi connectivity index (χ1v) is 6.74. The average molecular weight is 246 g/mol. The number of unbranched alkanes of at least 4 members (excludes halogenated alkanes) is 9. The molecule has 0 aromatic rings. The second-order valence-electron chi connectivity index (χ2n) is 4.37. The Morgan fingerprint density at radius 2 is 1.18 bits per heavy atom. The number of ether oxygens (including phenoxy) is 1. The van der Waals surface area contributed by atoms with Crippen LogP contribution < -0.4 is 0 Å². The van der Waals surface area contributed by atoms with E-state index in [-0.39, 0.29) is 0 Å². The lowest BCUT2D eigenvalue weighted by atomic mass is 10.1. The average Bonchev–Trinajstić information content (AvgIpc) is 2.30. The van der Waals surface area contributed by atoms with Gasteiger partial charge in [0.2, 0.25) is 0 Å². The maximum Gasteiger partial charge on any atom is 0.505 e. The Balaban J connectivity index is 2.91. The van der Waals surface area contributed by atoms with E-state index in [4.69, 9.17) is 10.2 Å². The van der Waals surface area contributed by atoms with Crippen LogP contribution in [0.5, 0.6) is 0 Å². The first-order valence-electron chi connectivity index (χ1n) is 6.74. The summed E-state index contributed by atoms with van der Waals surface area (Å²) >= 11 is 0. The van der Waals surface area contributed by atoms with Gasteiger partial charge in [0.25, 0.3) is 0 Å². The minimum absolute atomic E-state index is 0.318. The first-order chi connectivity index (χ1) is 8.27. The van der Waals surface area contributed by atoms with Crippen molar-refractivity contribution in [2.45, 2.75) is 64.2 Å². The van der Waals surface area contributed by atoms with Crippen molar-refractivity contribution in [1.82, 2.24) is 0 Å². The molecule has 0 saturated heterocycles. The van der Waals surface area contributed by atoms with Crippen molar-refractivity contribution in [1.29, 1.82) is 0 Å². The predicted molar refractivity (Wildman–Crippen MR) is 67.2 cm³/mol. The highest BCUT2D eigenvalue weighted by atomic mass is 16.7. The standard InChI is InChI=1S/C13H26O4/c14-11-9-7-5-3-1-2-4-6-8-10-12-17-13(15)16/h14H,1-12H2,(H,15,16). The molecule has 0 fully saturated rings. The fraction of sp³-hybridized carbons (Fsp3) is 0.923. The molecule has 0 spiro atoms. The van der Waals surface area contributed by atoms with Crippen molar-refractivity contribution in [3.63, 3.8) is 0 Å². The second-order valence-corrected chi connectivity index (χ2v) is 4.37. The Labute approximate surface area is 104 Å². The summed E-state index contributed by atoms with van der Waals surface area (Å²) in [6.45, 7) is 0.648. The van der Waals surface area contributed by atoms with E-state index >= 15 is 0 Å². The van der Waals surface area contributed by atoms with Gasteiger partial charge >= 0.3 is 6.16 Å². The molecule has 0 radical (unpaired) electrons. The summed E-state index contributed by atoms with van der Waals surface area (Å²) in [5.74, 6) is 0. The van der Waals surface area contributed by atoms with Gasteiger partial charge < -0.3 is 14.9 Å². The Morgan fingerprint density at radius 3 is 1.59 bits per heavy atom. The highest BCUT2D eigenvalue weighted by molar-refractivity contribution is 5.56. The van der Waals surface area contributed by atoms with Gasteiger partial charge in [0.05, 0.1) is 6.61 Å². The van der Waals surface area contributed by atoms with E-state index < -0.39 is 6.16 Å². The summed E-state index contributed by atoms with van der Waals surface area (Å²) in [5, 5.41) is 16.8. The van der Waals surface area contributed by atoms with Crippen molar-refractivity contribution < 1.29 is 19.7 Å². The highest BCUT2D eigenvalue weighted by Gasteiger charge is 1.96. The molecule has 0 aromatic heterocycles. The molecule has 0 rings (SSSR count). The van der Waals surface area contributed by atoms with Gasteiger partial charge in [-0.2, -0.15) is 0 Å². The molecule has 0 bridgehead atoms. The molecule has 0 aliphatic carbocycles. The third kappa shape index (κ3) is 15.2. The Hall–Kier alpha value is -0.770. The zero-order chi connectivity index (χ0) is 12.8. The molecule has 102 valence electrons. The van der Waals surface area contributed by atoms with Crippen LogP contribution >= 0.6 is 0 Å². The van der Waals surface area contributed by atoms with Gasteiger partial charge in [-0.1, -0.05) is 51.4 Å². The van der Waals surface area contributed by atoms with Gasteiger partial charge in [-0.3, -0.25) is 0 Å². The molecule has 0 aliphatic heterocycles. The van der Waals surface area contributed by atoms with Crippen LogP contribution in [0.1, 0.15) is 64.2 Å². The summed E-state index contributed by atoms with van der Waals surface area (Å²) < 4.78 is 4.42. The molecule has 4 nitrogen and oxygen atoms in total. The highest BCUT2D eigenvalue weighted by Crippen LogP contribution is 2.10. The van der Waals surface area contributed by atoms with Gasteiger partial charge in [0.1, 0.15) is 0 Å². The fourth-order valence-electron chi connectivity index (χ4n) is 1.79.